The maximum absolute atomic E-state index is 12.6. The Morgan fingerprint density at radius 3 is 2.48 bits per heavy atom. The highest BCUT2D eigenvalue weighted by Crippen LogP contribution is 2.30. The van der Waals surface area contributed by atoms with E-state index >= 15 is 0 Å². The van der Waals surface area contributed by atoms with Gasteiger partial charge in [-0.15, -0.1) is 0 Å². The molecule has 1 aliphatic carbocycles. The van der Waals surface area contributed by atoms with E-state index < -0.39 is 0 Å². The highest BCUT2D eigenvalue weighted by atomic mass is 35.5. The van der Waals surface area contributed by atoms with Gasteiger partial charge in [0, 0.05) is 43.3 Å². The highest BCUT2D eigenvalue weighted by Gasteiger charge is 2.36. The van der Waals surface area contributed by atoms with Crippen molar-refractivity contribution in [3.05, 3.63) is 82.0 Å². The molecule has 7 heteroatoms. The Labute approximate surface area is 186 Å². The van der Waals surface area contributed by atoms with E-state index in [9.17, 15) is 4.79 Å². The summed E-state index contributed by atoms with van der Waals surface area (Å²) in [7, 11) is 0. The summed E-state index contributed by atoms with van der Waals surface area (Å²) < 4.78 is 13.3. The molecule has 0 spiro atoms. The molecule has 1 saturated heterocycles. The first kappa shape index (κ1) is 20.1. The van der Waals surface area contributed by atoms with Gasteiger partial charge in [0.05, 0.1) is 10.7 Å². The number of ether oxygens (including phenoxy) is 2. The van der Waals surface area contributed by atoms with Crippen molar-refractivity contribution in [3.8, 4) is 17.2 Å². The average molecular weight is 438 g/mol. The zero-order valence-corrected chi connectivity index (χ0v) is 17.9. The molecule has 1 saturated carbocycles. The third-order valence-electron chi connectivity index (χ3n) is 5.95. The van der Waals surface area contributed by atoms with Gasteiger partial charge in [-0.2, -0.15) is 0 Å². The molecule has 0 unspecified atom stereocenters. The van der Waals surface area contributed by atoms with E-state index in [0.29, 0.717) is 10.8 Å². The molecule has 5 rings (SSSR count). The van der Waals surface area contributed by atoms with Crippen LogP contribution < -0.4 is 15.0 Å². The van der Waals surface area contributed by atoms with Crippen LogP contribution in [0.5, 0.6) is 11.5 Å². The number of hydrogen-bond donors (Lipinski definition) is 0. The largest absolute Gasteiger partial charge is 0.488 e. The van der Waals surface area contributed by atoms with Crippen molar-refractivity contribution in [1.29, 1.82) is 0 Å². The van der Waals surface area contributed by atoms with Crippen LogP contribution in [0, 0.1) is 0 Å². The van der Waals surface area contributed by atoms with Crippen LogP contribution in [0.25, 0.3) is 5.69 Å². The van der Waals surface area contributed by atoms with E-state index in [-0.39, 0.29) is 18.3 Å². The van der Waals surface area contributed by atoms with Crippen molar-refractivity contribution < 1.29 is 9.47 Å². The van der Waals surface area contributed by atoms with Crippen molar-refractivity contribution in [2.24, 2.45) is 0 Å². The lowest BCUT2D eigenvalue weighted by atomic mass is 9.89. The lowest BCUT2D eigenvalue weighted by Gasteiger charge is -2.47. The Kier molecular flexibility index (Phi) is 5.66. The summed E-state index contributed by atoms with van der Waals surface area (Å²) in [5.74, 6) is 1.34. The normalized spacial score (nSPS) is 17.1. The fraction of sp³-hybridized carbons (Fsp3) is 0.333. The summed E-state index contributed by atoms with van der Waals surface area (Å²) in [5, 5.41) is 0.575. The zero-order valence-electron chi connectivity index (χ0n) is 17.1. The lowest BCUT2D eigenvalue weighted by molar-refractivity contribution is -0.0308. The first-order valence-corrected chi connectivity index (χ1v) is 11.0. The molecule has 3 heterocycles. The van der Waals surface area contributed by atoms with Gasteiger partial charge in [-0.3, -0.25) is 19.2 Å². The molecule has 2 aliphatic rings. The maximum atomic E-state index is 12.6. The molecule has 3 aromatic rings. The molecule has 0 N–H and O–H groups in total. The van der Waals surface area contributed by atoms with Crippen LogP contribution in [0.2, 0.25) is 5.02 Å². The zero-order chi connectivity index (χ0) is 21.2. The number of pyridine rings is 2. The number of hydrogen-bond acceptors (Lipinski definition) is 5. The van der Waals surface area contributed by atoms with E-state index in [0.717, 1.165) is 36.3 Å². The van der Waals surface area contributed by atoms with Gasteiger partial charge in [0.15, 0.2) is 0 Å². The first-order chi connectivity index (χ1) is 15.1. The summed E-state index contributed by atoms with van der Waals surface area (Å²) in [6.07, 6.45) is 7.57. The molecule has 0 amide bonds. The Morgan fingerprint density at radius 1 is 1.03 bits per heavy atom. The second-order valence-electron chi connectivity index (χ2n) is 8.10. The van der Waals surface area contributed by atoms with E-state index in [1.165, 1.54) is 25.3 Å². The van der Waals surface area contributed by atoms with Gasteiger partial charge in [0.1, 0.15) is 24.2 Å². The fourth-order valence-corrected chi connectivity index (χ4v) is 4.00. The van der Waals surface area contributed by atoms with E-state index in [4.69, 9.17) is 21.1 Å². The second kappa shape index (κ2) is 8.73. The van der Waals surface area contributed by atoms with Gasteiger partial charge < -0.3 is 9.47 Å². The van der Waals surface area contributed by atoms with Gasteiger partial charge >= 0.3 is 0 Å². The minimum Gasteiger partial charge on any atom is -0.488 e. The number of nitrogens with zero attached hydrogens (tertiary/aromatic N) is 3. The van der Waals surface area contributed by atoms with Crippen molar-refractivity contribution in [2.45, 2.75) is 38.0 Å². The van der Waals surface area contributed by atoms with E-state index in [1.54, 1.807) is 35.2 Å². The van der Waals surface area contributed by atoms with Crippen LogP contribution in [0.15, 0.2) is 65.7 Å². The molecule has 1 aromatic carbocycles. The van der Waals surface area contributed by atoms with Crippen LogP contribution >= 0.6 is 11.6 Å². The van der Waals surface area contributed by atoms with E-state index in [1.807, 2.05) is 24.3 Å². The van der Waals surface area contributed by atoms with Gasteiger partial charge in [0.25, 0.3) is 5.56 Å². The number of halogens is 1. The topological polar surface area (TPSA) is 56.6 Å². The Hall–Kier alpha value is -2.83. The predicted octanol–water partition coefficient (Wildman–Crippen LogP) is 4.08. The third kappa shape index (κ3) is 4.60. The molecular formula is C24H24ClN3O3. The van der Waals surface area contributed by atoms with Crippen molar-refractivity contribution in [1.82, 2.24) is 14.5 Å². The van der Waals surface area contributed by atoms with Crippen LogP contribution in [-0.2, 0) is 6.61 Å². The number of rotatable bonds is 7. The highest BCUT2D eigenvalue weighted by molar-refractivity contribution is 6.30. The molecular weight excluding hydrogens is 414 g/mol. The number of likely N-dealkylation sites (tertiary alicyclic amines) is 1. The standard InChI is InChI=1S/C24H24ClN3O3/c25-17-4-5-18(26-13-17)16-30-22-10-11-28(24(29)12-22)20-6-8-21(9-7-20)31-23-14-27(15-23)19-2-1-3-19/h4-13,19,23H,1-3,14-16H2. The Balaban J connectivity index is 1.18. The summed E-state index contributed by atoms with van der Waals surface area (Å²) in [6.45, 7) is 2.30. The van der Waals surface area contributed by atoms with Gasteiger partial charge in [0.2, 0.25) is 0 Å². The fourth-order valence-electron chi connectivity index (χ4n) is 3.88. The predicted molar refractivity (Wildman–Crippen MR) is 119 cm³/mol. The Bertz CT molecular complexity index is 1090. The number of aromatic nitrogens is 2. The minimum atomic E-state index is -0.162. The van der Waals surface area contributed by atoms with Gasteiger partial charge in [-0.05, 0) is 55.3 Å². The second-order valence-corrected chi connectivity index (χ2v) is 8.54. The minimum absolute atomic E-state index is 0.162. The molecule has 31 heavy (non-hydrogen) atoms. The molecule has 160 valence electrons. The SMILES string of the molecule is O=c1cc(OCc2ccc(Cl)cn2)ccn1-c1ccc(OC2CN(C3CCC3)C2)cc1. The summed E-state index contributed by atoms with van der Waals surface area (Å²) in [6, 6.07) is 15.2. The maximum Gasteiger partial charge on any atom is 0.258 e. The molecule has 6 nitrogen and oxygen atoms in total. The van der Waals surface area contributed by atoms with Crippen LogP contribution in [0.4, 0.5) is 0 Å². The van der Waals surface area contributed by atoms with Crippen LogP contribution in [0.1, 0.15) is 25.0 Å². The summed E-state index contributed by atoms with van der Waals surface area (Å²) >= 11 is 5.84. The monoisotopic (exact) mass is 437 g/mol. The van der Waals surface area contributed by atoms with Crippen molar-refractivity contribution in [3.63, 3.8) is 0 Å². The van der Waals surface area contributed by atoms with Crippen LogP contribution in [0.3, 0.4) is 0 Å². The lowest BCUT2D eigenvalue weighted by Crippen LogP contribution is -2.59. The average Bonchev–Trinajstić information content (AvgIpc) is 2.71. The Morgan fingerprint density at radius 2 is 1.84 bits per heavy atom. The summed E-state index contributed by atoms with van der Waals surface area (Å²) in [4.78, 5) is 19.3. The number of benzene rings is 1. The van der Waals surface area contributed by atoms with E-state index in [2.05, 4.69) is 9.88 Å². The van der Waals surface area contributed by atoms with Crippen LogP contribution in [-0.4, -0.2) is 39.7 Å². The molecule has 2 fully saturated rings. The molecule has 0 atom stereocenters. The molecule has 0 radical (unpaired) electrons. The summed E-state index contributed by atoms with van der Waals surface area (Å²) in [5.41, 5.74) is 1.37. The first-order valence-electron chi connectivity index (χ1n) is 10.6. The molecule has 2 aromatic heterocycles. The smallest absolute Gasteiger partial charge is 0.258 e. The van der Waals surface area contributed by atoms with Crippen molar-refractivity contribution >= 4 is 11.6 Å². The van der Waals surface area contributed by atoms with Gasteiger partial charge in [-0.25, -0.2) is 0 Å². The molecule has 1 aliphatic heterocycles. The van der Waals surface area contributed by atoms with Gasteiger partial charge in [-0.1, -0.05) is 18.0 Å². The quantitative estimate of drug-likeness (QED) is 0.557. The molecule has 0 bridgehead atoms. The van der Waals surface area contributed by atoms with Crippen molar-refractivity contribution in [2.75, 3.05) is 13.1 Å². The third-order valence-corrected chi connectivity index (χ3v) is 6.18.